The second kappa shape index (κ2) is 18.1. The van der Waals surface area contributed by atoms with Gasteiger partial charge in [0.25, 0.3) is 5.91 Å². The molecule has 0 unspecified atom stereocenters. The number of esters is 1. The third-order valence-electron chi connectivity index (χ3n) is 13.2. The average Bonchev–Trinajstić information content (AvgIpc) is 3.54. The maximum absolute atomic E-state index is 14.6. The Balaban J connectivity index is 1.36. The molecule has 4 aromatic rings. The number of hydrogen-bond acceptors (Lipinski definition) is 10. The number of phenols is 1. The van der Waals surface area contributed by atoms with E-state index in [-0.39, 0.29) is 62.0 Å². The molecule has 4 N–H and O–H groups in total. The van der Waals surface area contributed by atoms with Crippen LogP contribution in [0.4, 0.5) is 0 Å². The highest BCUT2D eigenvalue weighted by Gasteiger charge is 2.46. The number of benzene rings is 2. The topological polar surface area (TPSA) is 176 Å². The zero-order valence-corrected chi connectivity index (χ0v) is 38.2. The highest BCUT2D eigenvalue weighted by Crippen LogP contribution is 2.42. The third kappa shape index (κ3) is 9.21. The van der Waals surface area contributed by atoms with Gasteiger partial charge in [0, 0.05) is 74.1 Å². The molecule has 4 atom stereocenters. The molecule has 2 aromatic heterocycles. The number of likely N-dealkylation sites (N-methyl/N-ethyl adjacent to an activating group) is 1. The molecule has 2 aliphatic heterocycles. The molecule has 63 heavy (non-hydrogen) atoms. The molecule has 1 aliphatic carbocycles. The van der Waals surface area contributed by atoms with Gasteiger partial charge in [-0.3, -0.25) is 24.4 Å². The molecule has 6 bridgehead atoms. The van der Waals surface area contributed by atoms with E-state index in [1.165, 1.54) is 9.91 Å². The number of nitrogens with zero attached hydrogens (tertiary/aromatic N) is 4. The van der Waals surface area contributed by atoms with Crippen molar-refractivity contribution in [1.82, 2.24) is 30.2 Å². The molecular weight excluding hydrogens is 801 g/mol. The summed E-state index contributed by atoms with van der Waals surface area (Å²) in [4.78, 5) is 62.8. The van der Waals surface area contributed by atoms with Crippen molar-refractivity contribution >= 4 is 34.6 Å². The van der Waals surface area contributed by atoms with E-state index in [1.54, 1.807) is 32.5 Å². The lowest BCUT2D eigenvalue weighted by molar-refractivity contribution is -0.189. The van der Waals surface area contributed by atoms with Gasteiger partial charge in [0.2, 0.25) is 17.5 Å². The SMILES string of the molecule is CCn1c(-c2cccnc2[C@H](C)OC)c2c3cc(ccc31)-c1cc(O)cc(c1)C[C@H](NC(=O)[C@H](C(C)C)N(C)C(=O)C1CC(C)C1)C(=O)N1CCC[C@@](O)(N1)C(=O)OCC(C)(C)C2. The number of nitrogens with one attached hydrogen (secondary N) is 2. The Bertz CT molecular complexity index is 2390. The third-order valence-corrected chi connectivity index (χ3v) is 13.2. The van der Waals surface area contributed by atoms with E-state index in [0.717, 1.165) is 51.8 Å². The minimum absolute atomic E-state index is 0.0104. The van der Waals surface area contributed by atoms with Crippen LogP contribution in [0.1, 0.15) is 97.1 Å². The Morgan fingerprint density at radius 3 is 2.52 bits per heavy atom. The molecule has 14 heteroatoms. The smallest absolute Gasteiger partial charge is 0.355 e. The van der Waals surface area contributed by atoms with E-state index >= 15 is 0 Å². The van der Waals surface area contributed by atoms with Crippen molar-refractivity contribution in [2.75, 3.05) is 27.3 Å². The maximum Gasteiger partial charge on any atom is 0.355 e. The number of hydrogen-bond donors (Lipinski definition) is 4. The quantitative estimate of drug-likeness (QED) is 0.140. The van der Waals surface area contributed by atoms with Gasteiger partial charge in [-0.05, 0) is 110 Å². The van der Waals surface area contributed by atoms with E-state index in [9.17, 15) is 29.4 Å². The van der Waals surface area contributed by atoms with E-state index in [1.807, 2.05) is 52.8 Å². The van der Waals surface area contributed by atoms with E-state index < -0.39 is 41.0 Å². The number of aromatic hydroxyl groups is 1. The average molecular weight is 865 g/mol. The van der Waals surface area contributed by atoms with Crippen molar-refractivity contribution in [2.24, 2.45) is 23.2 Å². The summed E-state index contributed by atoms with van der Waals surface area (Å²) in [7, 11) is 3.30. The molecule has 0 radical (unpaired) electrons. The number of phenolic OH excluding ortho intramolecular Hbond substituents is 1. The first-order chi connectivity index (χ1) is 29.8. The molecule has 338 valence electrons. The summed E-state index contributed by atoms with van der Waals surface area (Å²) in [5, 5.41) is 28.2. The van der Waals surface area contributed by atoms with Gasteiger partial charge in [-0.15, -0.1) is 0 Å². The standard InChI is InChI=1S/C49H64N6O8/c1-10-54-40-15-14-32-25-37(40)38(43(54)36-13-11-17-50-41(36)30(5)62-9)26-48(6,7)27-63-47(60)49(61)16-12-18-55(52-49)46(59)39(23-31-21-33(32)24-35(56)22-31)51-44(57)42(28(2)3)53(8)45(58)34-19-29(4)20-34/h11,13-15,17,21-22,24-25,28-30,34,39,42,52,56,61H,10,12,16,18-20,23,26-27H2,1-9H3,(H,51,57)/t29?,30-,34?,39-,42-,49-/m0/s1. The fraction of sp³-hybridized carbons (Fsp3) is 0.531. The van der Waals surface area contributed by atoms with Crippen molar-refractivity contribution in [3.05, 3.63) is 71.5 Å². The number of aryl methyl sites for hydroxylation is 1. The summed E-state index contributed by atoms with van der Waals surface area (Å²) >= 11 is 0. The van der Waals surface area contributed by atoms with Crippen LogP contribution in [0.5, 0.6) is 5.75 Å². The second-order valence-corrected chi connectivity index (χ2v) is 19.2. The number of aromatic nitrogens is 2. The van der Waals surface area contributed by atoms with Gasteiger partial charge in [-0.1, -0.05) is 46.8 Å². The summed E-state index contributed by atoms with van der Waals surface area (Å²) < 4.78 is 14.0. The monoisotopic (exact) mass is 864 g/mol. The van der Waals surface area contributed by atoms with Gasteiger partial charge in [0.1, 0.15) is 17.8 Å². The number of rotatable bonds is 9. The number of hydrazine groups is 1. The number of methoxy groups -OCH3 is 1. The largest absolute Gasteiger partial charge is 0.508 e. The number of fused-ring (bicyclic) bond motifs is 6. The minimum Gasteiger partial charge on any atom is -0.508 e. The Labute approximate surface area is 370 Å². The Morgan fingerprint density at radius 1 is 1.10 bits per heavy atom. The van der Waals surface area contributed by atoms with Crippen LogP contribution in [-0.2, 0) is 48.0 Å². The first kappa shape index (κ1) is 45.7. The van der Waals surface area contributed by atoms with Crippen LogP contribution in [-0.4, -0.2) is 98.5 Å². The number of aliphatic hydroxyl groups is 1. The first-order valence-corrected chi connectivity index (χ1v) is 22.4. The molecule has 3 aliphatic rings. The molecule has 3 amide bonds. The molecule has 0 spiro atoms. The van der Waals surface area contributed by atoms with E-state index in [4.69, 9.17) is 14.5 Å². The van der Waals surface area contributed by atoms with Crippen LogP contribution in [0, 0.1) is 23.2 Å². The van der Waals surface area contributed by atoms with Gasteiger partial charge in [-0.25, -0.2) is 4.79 Å². The molecule has 4 heterocycles. The van der Waals surface area contributed by atoms with E-state index in [2.05, 4.69) is 47.4 Å². The summed E-state index contributed by atoms with van der Waals surface area (Å²) in [6, 6.07) is 13.2. The normalized spacial score (nSPS) is 23.7. The highest BCUT2D eigenvalue weighted by molar-refractivity contribution is 5.96. The van der Waals surface area contributed by atoms with Crippen molar-refractivity contribution < 1.29 is 38.9 Å². The number of pyridine rings is 1. The second-order valence-electron chi connectivity index (χ2n) is 19.2. The van der Waals surface area contributed by atoms with Crippen molar-refractivity contribution in [3.63, 3.8) is 0 Å². The molecule has 7 rings (SSSR count). The van der Waals surface area contributed by atoms with Crippen LogP contribution in [0.3, 0.4) is 0 Å². The predicted molar refractivity (Wildman–Crippen MR) is 240 cm³/mol. The molecule has 14 nitrogen and oxygen atoms in total. The molecule has 2 fully saturated rings. The Morgan fingerprint density at radius 2 is 1.84 bits per heavy atom. The summed E-state index contributed by atoms with van der Waals surface area (Å²) in [5.74, 6) is -2.14. The zero-order valence-electron chi connectivity index (χ0n) is 38.2. The van der Waals surface area contributed by atoms with Crippen molar-refractivity contribution in [3.8, 4) is 28.1 Å². The van der Waals surface area contributed by atoms with Crippen LogP contribution in [0.25, 0.3) is 33.3 Å². The zero-order chi connectivity index (χ0) is 45.5. The number of cyclic esters (lactones) is 1. The van der Waals surface area contributed by atoms with Crippen molar-refractivity contribution in [2.45, 2.75) is 117 Å². The van der Waals surface area contributed by atoms with Crippen molar-refractivity contribution in [1.29, 1.82) is 0 Å². The van der Waals surface area contributed by atoms with Gasteiger partial charge < -0.3 is 34.5 Å². The number of ether oxygens (including phenoxy) is 2. The number of carbonyl (C=O) groups is 4. The summed E-state index contributed by atoms with van der Waals surface area (Å²) in [6.07, 6.45) is 3.67. The van der Waals surface area contributed by atoms with Crippen LogP contribution < -0.4 is 10.7 Å². The maximum atomic E-state index is 14.6. The molecule has 2 aromatic carbocycles. The van der Waals surface area contributed by atoms with Gasteiger partial charge in [-0.2, -0.15) is 5.43 Å². The van der Waals surface area contributed by atoms with Gasteiger partial charge in [0.05, 0.1) is 24.1 Å². The van der Waals surface area contributed by atoms with Gasteiger partial charge in [0.15, 0.2) is 0 Å². The van der Waals surface area contributed by atoms with Crippen LogP contribution >= 0.6 is 0 Å². The molecular formula is C49H64N6O8. The predicted octanol–water partition coefficient (Wildman–Crippen LogP) is 6.30. The fourth-order valence-electron chi connectivity index (χ4n) is 9.82. The number of amides is 3. The minimum atomic E-state index is -2.23. The van der Waals surface area contributed by atoms with Crippen LogP contribution in [0.2, 0.25) is 0 Å². The highest BCUT2D eigenvalue weighted by atomic mass is 16.6. The summed E-state index contributed by atoms with van der Waals surface area (Å²) in [6.45, 7) is 14.6. The fourth-order valence-corrected chi connectivity index (χ4v) is 9.82. The molecule has 1 saturated carbocycles. The lowest BCUT2D eigenvalue weighted by atomic mass is 9.75. The lowest BCUT2D eigenvalue weighted by Crippen LogP contribution is -2.67. The number of carbonyl (C=O) groups excluding carboxylic acids is 4. The lowest BCUT2D eigenvalue weighted by Gasteiger charge is -2.41. The van der Waals surface area contributed by atoms with Crippen LogP contribution in [0.15, 0.2) is 54.7 Å². The summed E-state index contributed by atoms with van der Waals surface area (Å²) in [5.41, 5.74) is 6.65. The molecule has 1 saturated heterocycles. The Hall–Kier alpha value is -5.31. The Kier molecular flexibility index (Phi) is 13.1. The first-order valence-electron chi connectivity index (χ1n) is 22.4. The van der Waals surface area contributed by atoms with Gasteiger partial charge >= 0.3 is 5.97 Å². The van der Waals surface area contributed by atoms with E-state index in [0.29, 0.717) is 30.0 Å².